The summed E-state index contributed by atoms with van der Waals surface area (Å²) in [6, 6.07) is 17.7. The number of benzene rings is 2. The van der Waals surface area contributed by atoms with Gasteiger partial charge in [0.1, 0.15) is 0 Å². The summed E-state index contributed by atoms with van der Waals surface area (Å²) < 4.78 is 7.63. The van der Waals surface area contributed by atoms with Gasteiger partial charge in [0.25, 0.3) is 11.5 Å². The quantitative estimate of drug-likeness (QED) is 0.315. The van der Waals surface area contributed by atoms with Gasteiger partial charge < -0.3 is 19.5 Å². The number of pyridine rings is 2. The van der Waals surface area contributed by atoms with Crippen LogP contribution in [0.1, 0.15) is 40.7 Å². The molecule has 1 aliphatic carbocycles. The molecule has 0 unspecified atom stereocenters. The Bertz CT molecular complexity index is 1520. The third-order valence-electron chi connectivity index (χ3n) is 6.88. The lowest BCUT2D eigenvalue weighted by Gasteiger charge is -2.14. The van der Waals surface area contributed by atoms with Crippen LogP contribution in [0.15, 0.2) is 71.8 Å². The van der Waals surface area contributed by atoms with E-state index >= 15 is 0 Å². The van der Waals surface area contributed by atoms with Crippen molar-refractivity contribution in [3.8, 4) is 17.0 Å². The maximum absolute atomic E-state index is 13.4. The van der Waals surface area contributed by atoms with Crippen molar-refractivity contribution in [2.24, 2.45) is 0 Å². The van der Waals surface area contributed by atoms with Gasteiger partial charge in [-0.15, -0.1) is 0 Å². The molecule has 0 atom stereocenters. The number of carbonyl (C=O) groups excluding carboxylic acids is 1. The Hall–Kier alpha value is -3.97. The van der Waals surface area contributed by atoms with E-state index in [0.717, 1.165) is 53.4 Å². The fourth-order valence-corrected chi connectivity index (χ4v) is 4.56. The van der Waals surface area contributed by atoms with Gasteiger partial charge in [0.2, 0.25) is 5.88 Å². The van der Waals surface area contributed by atoms with Crippen LogP contribution in [0.3, 0.4) is 0 Å². The van der Waals surface area contributed by atoms with Crippen LogP contribution in [0.25, 0.3) is 21.9 Å². The van der Waals surface area contributed by atoms with Crippen molar-refractivity contribution >= 4 is 16.7 Å². The van der Waals surface area contributed by atoms with E-state index in [-0.39, 0.29) is 11.5 Å². The average molecular weight is 511 g/mol. The molecule has 1 fully saturated rings. The number of nitrogens with one attached hydrogen (secondary N) is 1. The maximum atomic E-state index is 13.4. The van der Waals surface area contributed by atoms with Crippen LogP contribution in [0, 0.1) is 6.92 Å². The second-order valence-electron chi connectivity index (χ2n) is 10.3. The van der Waals surface area contributed by atoms with Crippen LogP contribution in [0.5, 0.6) is 5.88 Å². The van der Waals surface area contributed by atoms with Crippen molar-refractivity contribution in [1.82, 2.24) is 19.8 Å². The third kappa shape index (κ3) is 5.94. The molecule has 2 aromatic heterocycles. The first-order valence-corrected chi connectivity index (χ1v) is 13.2. The first kappa shape index (κ1) is 25.7. The van der Waals surface area contributed by atoms with E-state index in [2.05, 4.69) is 15.2 Å². The van der Waals surface area contributed by atoms with Crippen molar-refractivity contribution in [1.29, 1.82) is 0 Å². The number of ether oxygens (including phenoxy) is 1. The highest BCUT2D eigenvalue weighted by Crippen LogP contribution is 2.28. The van der Waals surface area contributed by atoms with E-state index < -0.39 is 0 Å². The first-order chi connectivity index (χ1) is 18.4. The van der Waals surface area contributed by atoms with Crippen molar-refractivity contribution in [2.75, 3.05) is 27.2 Å². The van der Waals surface area contributed by atoms with Crippen LogP contribution in [-0.2, 0) is 6.54 Å². The van der Waals surface area contributed by atoms with E-state index in [4.69, 9.17) is 4.74 Å². The van der Waals surface area contributed by atoms with E-state index in [1.807, 2.05) is 81.8 Å². The predicted octanol–water partition coefficient (Wildman–Crippen LogP) is 4.64. The lowest BCUT2D eigenvalue weighted by Crippen LogP contribution is -2.25. The van der Waals surface area contributed by atoms with Gasteiger partial charge in [-0.05, 0) is 98.8 Å². The molecule has 196 valence electrons. The SMILES string of the molecule is Cc1ccc(C(=O)NC2CC2)cc1-c1ccc2c(=O)n(Cc3cccnc3OCCCN(C)C)ccc2c1. The van der Waals surface area contributed by atoms with Gasteiger partial charge >= 0.3 is 0 Å². The summed E-state index contributed by atoms with van der Waals surface area (Å²) in [7, 11) is 4.07. The minimum atomic E-state index is -0.0641. The van der Waals surface area contributed by atoms with E-state index in [1.54, 1.807) is 10.8 Å². The number of carbonyl (C=O) groups is 1. The molecular weight excluding hydrogens is 476 g/mol. The highest BCUT2D eigenvalue weighted by molar-refractivity contribution is 5.96. The Labute approximate surface area is 223 Å². The van der Waals surface area contributed by atoms with Crippen molar-refractivity contribution in [3.63, 3.8) is 0 Å². The highest BCUT2D eigenvalue weighted by Gasteiger charge is 2.24. The molecule has 0 spiro atoms. The maximum Gasteiger partial charge on any atom is 0.258 e. The molecule has 4 aromatic rings. The molecule has 1 amide bonds. The number of hydrogen-bond acceptors (Lipinski definition) is 5. The molecule has 0 bridgehead atoms. The topological polar surface area (TPSA) is 76.5 Å². The Kier molecular flexibility index (Phi) is 7.56. The Morgan fingerprint density at radius 3 is 2.76 bits per heavy atom. The number of aromatic nitrogens is 2. The van der Waals surface area contributed by atoms with Crippen LogP contribution in [-0.4, -0.2) is 53.6 Å². The highest BCUT2D eigenvalue weighted by atomic mass is 16.5. The molecule has 1 saturated carbocycles. The molecule has 5 rings (SSSR count). The molecule has 0 saturated heterocycles. The summed E-state index contributed by atoms with van der Waals surface area (Å²) in [6.07, 6.45) is 6.54. The van der Waals surface area contributed by atoms with E-state index in [1.165, 1.54) is 0 Å². The van der Waals surface area contributed by atoms with E-state index in [0.29, 0.717) is 36.0 Å². The van der Waals surface area contributed by atoms with Gasteiger partial charge in [-0.3, -0.25) is 9.59 Å². The zero-order chi connectivity index (χ0) is 26.6. The van der Waals surface area contributed by atoms with Gasteiger partial charge in [-0.1, -0.05) is 18.2 Å². The molecule has 38 heavy (non-hydrogen) atoms. The van der Waals surface area contributed by atoms with Crippen LogP contribution in [0.2, 0.25) is 0 Å². The van der Waals surface area contributed by atoms with E-state index in [9.17, 15) is 9.59 Å². The molecule has 2 aromatic carbocycles. The Morgan fingerprint density at radius 2 is 1.97 bits per heavy atom. The minimum Gasteiger partial charge on any atom is -0.477 e. The molecule has 2 heterocycles. The Balaban J connectivity index is 1.38. The number of nitrogens with zero attached hydrogens (tertiary/aromatic N) is 3. The zero-order valence-electron chi connectivity index (χ0n) is 22.2. The monoisotopic (exact) mass is 510 g/mol. The first-order valence-electron chi connectivity index (χ1n) is 13.2. The predicted molar refractivity (Wildman–Crippen MR) is 151 cm³/mol. The average Bonchev–Trinajstić information content (AvgIpc) is 3.73. The summed E-state index contributed by atoms with van der Waals surface area (Å²) in [5.41, 5.74) is 4.51. The van der Waals surface area contributed by atoms with Crippen molar-refractivity contribution < 1.29 is 9.53 Å². The molecule has 7 nitrogen and oxygen atoms in total. The zero-order valence-corrected chi connectivity index (χ0v) is 22.2. The molecule has 1 aliphatic rings. The van der Waals surface area contributed by atoms with Crippen molar-refractivity contribution in [3.05, 3.63) is 94.0 Å². The summed E-state index contributed by atoms with van der Waals surface area (Å²) in [5.74, 6) is 0.531. The van der Waals surface area contributed by atoms with Crippen LogP contribution < -0.4 is 15.6 Å². The number of amides is 1. The molecule has 1 N–H and O–H groups in total. The van der Waals surface area contributed by atoms with Gasteiger partial charge in [0.05, 0.1) is 13.2 Å². The third-order valence-corrected chi connectivity index (χ3v) is 6.88. The van der Waals surface area contributed by atoms with Crippen LogP contribution >= 0.6 is 0 Å². The second-order valence-corrected chi connectivity index (χ2v) is 10.3. The van der Waals surface area contributed by atoms with Gasteiger partial charge in [0, 0.05) is 41.5 Å². The van der Waals surface area contributed by atoms with Gasteiger partial charge in [0.15, 0.2) is 0 Å². The summed E-state index contributed by atoms with van der Waals surface area (Å²) in [4.78, 5) is 32.5. The van der Waals surface area contributed by atoms with Crippen molar-refractivity contribution in [2.45, 2.75) is 38.8 Å². The van der Waals surface area contributed by atoms with Crippen LogP contribution in [0.4, 0.5) is 0 Å². The number of rotatable bonds is 10. The fraction of sp³-hybridized carbons (Fsp3) is 0.323. The molecule has 7 heteroatoms. The number of aryl methyl sites for hydroxylation is 1. The standard InChI is InChI=1S/C31H34N4O3/c1-21-7-8-24(29(36)33-26-10-11-26)19-28(21)22-9-12-27-23(18-22)13-16-35(31(27)37)20-25-6-4-14-32-30(25)38-17-5-15-34(2)3/h4,6-9,12-14,16,18-19,26H,5,10-11,15,17,20H2,1-3H3,(H,33,36). The summed E-state index contributed by atoms with van der Waals surface area (Å²) >= 11 is 0. The smallest absolute Gasteiger partial charge is 0.258 e. The summed E-state index contributed by atoms with van der Waals surface area (Å²) in [6.45, 7) is 3.92. The minimum absolute atomic E-state index is 0.0334. The van der Waals surface area contributed by atoms with Gasteiger partial charge in [-0.25, -0.2) is 4.98 Å². The fourth-order valence-electron chi connectivity index (χ4n) is 4.56. The molecule has 0 radical (unpaired) electrons. The second kappa shape index (κ2) is 11.2. The molecular formula is C31H34N4O3. The van der Waals surface area contributed by atoms with Gasteiger partial charge in [-0.2, -0.15) is 0 Å². The lowest BCUT2D eigenvalue weighted by molar-refractivity contribution is 0.0951. The Morgan fingerprint density at radius 1 is 1.13 bits per heavy atom. The lowest BCUT2D eigenvalue weighted by atomic mass is 9.96. The molecule has 0 aliphatic heterocycles. The normalized spacial score (nSPS) is 13.2. The summed E-state index contributed by atoms with van der Waals surface area (Å²) in [5, 5.41) is 4.57. The number of fused-ring (bicyclic) bond motifs is 1. The number of hydrogen-bond donors (Lipinski definition) is 1. The largest absolute Gasteiger partial charge is 0.477 e.